The molecule has 0 aliphatic heterocycles. The molecule has 26 heavy (non-hydrogen) atoms. The summed E-state index contributed by atoms with van der Waals surface area (Å²) in [6.07, 6.45) is 0. The van der Waals surface area contributed by atoms with E-state index in [0.717, 1.165) is 0 Å². The van der Waals surface area contributed by atoms with Crippen LogP contribution in [-0.4, -0.2) is 0 Å². The van der Waals surface area contributed by atoms with Crippen molar-refractivity contribution in [2.24, 2.45) is 0 Å². The van der Waals surface area contributed by atoms with E-state index >= 15 is 0 Å². The molecule has 0 radical (unpaired) electrons. The Hall–Kier alpha value is 0.0400. The van der Waals surface area contributed by atoms with Gasteiger partial charge < -0.3 is 21.3 Å². The average molecular weight is 417 g/mol. The summed E-state index contributed by atoms with van der Waals surface area (Å²) in [6, 6.07) is 15.8. The van der Waals surface area contributed by atoms with Crippen molar-refractivity contribution in [3.05, 3.63) is 59.7 Å². The zero-order chi connectivity index (χ0) is 18.9. The van der Waals surface area contributed by atoms with Crippen molar-refractivity contribution < 1.29 is 38.6 Å². The van der Waals surface area contributed by atoms with Crippen molar-refractivity contribution >= 4 is 29.7 Å². The van der Waals surface area contributed by atoms with Gasteiger partial charge in [-0.15, -0.1) is 0 Å². The molecular weight excluding hydrogens is 390 g/mol. The molecule has 0 spiro atoms. The Morgan fingerprint density at radius 1 is 0.692 bits per heavy atom. The molecule has 2 nitrogen and oxygen atoms in total. The van der Waals surface area contributed by atoms with E-state index in [1.54, 1.807) is 0 Å². The third-order valence-corrected chi connectivity index (χ3v) is 5.64. The van der Waals surface area contributed by atoms with E-state index in [1.807, 2.05) is 48.5 Å². The Bertz CT molecular complexity index is 697. The Labute approximate surface area is 190 Å². The molecule has 0 aliphatic carbocycles. The van der Waals surface area contributed by atoms with Crippen LogP contribution < -0.4 is 38.6 Å². The molecule has 0 bridgehead atoms. The Kier molecular flexibility index (Phi) is 8.36. The minimum atomic E-state index is -2.83. The predicted molar refractivity (Wildman–Crippen MR) is 113 cm³/mol. The predicted octanol–water partition coefficient (Wildman–Crippen LogP) is 3.51. The van der Waals surface area contributed by atoms with E-state index < -0.39 is 5.69 Å². The minimum Gasteiger partial charge on any atom is -0.665 e. The molecule has 0 aromatic heterocycles. The summed E-state index contributed by atoms with van der Waals surface area (Å²) in [6.45, 7) is 13.0. The Morgan fingerprint density at radius 3 is 1.19 bits per heavy atom. The van der Waals surface area contributed by atoms with Gasteiger partial charge in [0.05, 0.1) is 0 Å². The summed E-state index contributed by atoms with van der Waals surface area (Å²) in [4.78, 5) is 0. The molecule has 0 saturated carbocycles. The second-order valence-corrected chi connectivity index (χ2v) is 13.0. The minimum absolute atomic E-state index is 0. The fraction of sp³-hybridized carbons (Fsp3) is 0.400. The van der Waals surface area contributed by atoms with E-state index in [1.165, 1.54) is 11.1 Å². The maximum absolute atomic E-state index is 5.79. The third kappa shape index (κ3) is 7.22. The van der Waals surface area contributed by atoms with E-state index in [9.17, 15) is 0 Å². The van der Waals surface area contributed by atoms with Crippen LogP contribution >= 0.6 is 5.69 Å². The fourth-order valence-corrected chi connectivity index (χ4v) is 4.14. The summed E-state index contributed by atoms with van der Waals surface area (Å²) in [5.41, 5.74) is -0.176. The molecule has 136 valence electrons. The number of rotatable bonds is 4. The van der Waals surface area contributed by atoms with Gasteiger partial charge in [0.1, 0.15) is 11.5 Å². The standard InChI is InChI=1S/C20H27O2PS2.Na/c1-19(2,3)15-7-11-17(12-8-15)21-23(24,25)22-18-13-9-16(10-14-18)20(4,5)6;/h7-14H,1-6H3,(H,24,25);/q;+1/p-1. The smallest absolute Gasteiger partial charge is 0.665 e. The van der Waals surface area contributed by atoms with Crippen molar-refractivity contribution in [2.45, 2.75) is 52.4 Å². The SMILES string of the molecule is CC(C)(C)c1ccc(OP(=S)([S-])Oc2ccc(C(C)(C)C)cc2)cc1.[Na+]. The maximum atomic E-state index is 5.79. The molecule has 0 fully saturated rings. The molecular formula is C20H26NaO2PS2. The van der Waals surface area contributed by atoms with E-state index in [0.29, 0.717) is 11.5 Å². The number of benzene rings is 2. The van der Waals surface area contributed by atoms with Crippen LogP contribution in [0, 0.1) is 0 Å². The van der Waals surface area contributed by atoms with Crippen LogP contribution in [0.2, 0.25) is 0 Å². The van der Waals surface area contributed by atoms with Crippen molar-refractivity contribution in [1.29, 1.82) is 0 Å². The van der Waals surface area contributed by atoms with E-state index in [-0.39, 0.29) is 40.4 Å². The normalized spacial score (nSPS) is 12.3. The van der Waals surface area contributed by atoms with Crippen molar-refractivity contribution in [3.8, 4) is 11.5 Å². The van der Waals surface area contributed by atoms with Gasteiger partial charge in [0.25, 0.3) is 0 Å². The van der Waals surface area contributed by atoms with Gasteiger partial charge >= 0.3 is 29.6 Å². The van der Waals surface area contributed by atoms with Crippen LogP contribution in [0.1, 0.15) is 52.7 Å². The van der Waals surface area contributed by atoms with Gasteiger partial charge in [-0.2, -0.15) is 0 Å². The van der Waals surface area contributed by atoms with Crippen molar-refractivity contribution in [2.75, 3.05) is 0 Å². The van der Waals surface area contributed by atoms with E-state index in [2.05, 4.69) is 41.5 Å². The molecule has 2 rings (SSSR count). The molecule has 0 aliphatic rings. The Balaban J connectivity index is 0.00000338. The number of hydrogen-bond donors (Lipinski definition) is 0. The van der Waals surface area contributed by atoms with Gasteiger partial charge in [-0.3, -0.25) is 0 Å². The molecule has 0 amide bonds. The molecule has 0 N–H and O–H groups in total. The molecule has 0 unspecified atom stereocenters. The summed E-state index contributed by atoms with van der Waals surface area (Å²) in [5.74, 6) is 1.30. The second kappa shape index (κ2) is 9.03. The molecule has 0 saturated heterocycles. The van der Waals surface area contributed by atoms with Gasteiger partial charge in [-0.1, -0.05) is 65.8 Å². The van der Waals surface area contributed by atoms with Crippen LogP contribution in [0.15, 0.2) is 48.5 Å². The van der Waals surface area contributed by atoms with Gasteiger partial charge in [0.15, 0.2) is 5.69 Å². The number of hydrogen-bond acceptors (Lipinski definition) is 4. The largest absolute Gasteiger partial charge is 1.00 e. The van der Waals surface area contributed by atoms with Crippen LogP contribution in [0.5, 0.6) is 11.5 Å². The van der Waals surface area contributed by atoms with Crippen LogP contribution in [0.4, 0.5) is 0 Å². The molecule has 2 aromatic carbocycles. The first kappa shape index (κ1) is 24.1. The first-order valence-electron chi connectivity index (χ1n) is 8.28. The van der Waals surface area contributed by atoms with Crippen LogP contribution in [0.3, 0.4) is 0 Å². The average Bonchev–Trinajstić information content (AvgIpc) is 2.45. The summed E-state index contributed by atoms with van der Waals surface area (Å²) < 4.78 is 11.6. The van der Waals surface area contributed by atoms with Gasteiger partial charge in [-0.05, 0) is 58.0 Å². The second-order valence-electron chi connectivity index (χ2n) is 8.18. The summed E-state index contributed by atoms with van der Waals surface area (Å²) in [7, 11) is 0. The molecule has 2 aromatic rings. The summed E-state index contributed by atoms with van der Waals surface area (Å²) in [5, 5.41) is 0. The van der Waals surface area contributed by atoms with Gasteiger partial charge in [0, 0.05) is 0 Å². The topological polar surface area (TPSA) is 18.5 Å². The zero-order valence-electron chi connectivity index (χ0n) is 16.7. The van der Waals surface area contributed by atoms with Crippen molar-refractivity contribution in [3.63, 3.8) is 0 Å². The molecule has 0 atom stereocenters. The molecule has 6 heteroatoms. The van der Waals surface area contributed by atoms with Crippen LogP contribution in [-0.2, 0) is 34.9 Å². The summed E-state index contributed by atoms with van der Waals surface area (Å²) >= 11 is 10.8. The monoisotopic (exact) mass is 416 g/mol. The quantitative estimate of drug-likeness (QED) is 0.431. The fourth-order valence-electron chi connectivity index (χ4n) is 2.31. The first-order chi connectivity index (χ1) is 11.4. The van der Waals surface area contributed by atoms with Gasteiger partial charge in [-0.25, -0.2) is 0 Å². The van der Waals surface area contributed by atoms with Crippen molar-refractivity contribution in [1.82, 2.24) is 0 Å². The zero-order valence-corrected chi connectivity index (χ0v) is 21.2. The Morgan fingerprint density at radius 2 is 0.962 bits per heavy atom. The third-order valence-electron chi connectivity index (χ3n) is 3.88. The maximum Gasteiger partial charge on any atom is 1.00 e. The molecule has 0 heterocycles. The van der Waals surface area contributed by atoms with E-state index in [4.69, 9.17) is 33.1 Å². The van der Waals surface area contributed by atoms with Gasteiger partial charge in [0.2, 0.25) is 0 Å². The first-order valence-corrected chi connectivity index (χ1v) is 11.9. The van der Waals surface area contributed by atoms with Crippen LogP contribution in [0.25, 0.3) is 0 Å².